The van der Waals surface area contributed by atoms with Gasteiger partial charge in [0.2, 0.25) is 0 Å². The zero-order valence-electron chi connectivity index (χ0n) is 10.4. The first kappa shape index (κ1) is 12.9. The molecule has 5 nitrogen and oxygen atoms in total. The number of nitrogen functional groups attached to an aromatic ring is 1. The van der Waals surface area contributed by atoms with Gasteiger partial charge in [-0.25, -0.2) is 12.8 Å². The third kappa shape index (κ3) is 2.20. The van der Waals surface area contributed by atoms with Crippen LogP contribution in [0.4, 0.5) is 15.8 Å². The van der Waals surface area contributed by atoms with Crippen LogP contribution in [0.2, 0.25) is 0 Å². The highest BCUT2D eigenvalue weighted by atomic mass is 32.2. The van der Waals surface area contributed by atoms with Crippen LogP contribution < -0.4 is 11.1 Å². The molecule has 1 aromatic heterocycles. The number of hydrogen-bond acceptors (Lipinski definition) is 5. The minimum atomic E-state index is -3.20. The van der Waals surface area contributed by atoms with Gasteiger partial charge in [-0.3, -0.25) is 4.98 Å². The van der Waals surface area contributed by atoms with Gasteiger partial charge in [0.1, 0.15) is 0 Å². The molecule has 7 heteroatoms. The van der Waals surface area contributed by atoms with Gasteiger partial charge >= 0.3 is 0 Å². The molecule has 0 spiro atoms. The molecule has 20 heavy (non-hydrogen) atoms. The van der Waals surface area contributed by atoms with E-state index < -0.39 is 21.7 Å². The SMILES string of the molecule is Nc1cc(F)c(NC2C=CS(=O)(=O)C2)c2ncccc12. The molecule has 104 valence electrons. The van der Waals surface area contributed by atoms with Gasteiger partial charge in [0.05, 0.1) is 23.0 Å². The number of sulfone groups is 1. The fourth-order valence-corrected chi connectivity index (χ4v) is 3.46. The van der Waals surface area contributed by atoms with E-state index in [1.165, 1.54) is 18.3 Å². The first-order valence-corrected chi connectivity index (χ1v) is 7.68. The number of anilines is 2. The fraction of sp³-hybridized carbons (Fsp3) is 0.154. The Morgan fingerprint density at radius 3 is 2.95 bits per heavy atom. The summed E-state index contributed by atoms with van der Waals surface area (Å²) in [6, 6.07) is 4.19. The maximum atomic E-state index is 14.1. The zero-order valence-corrected chi connectivity index (χ0v) is 11.2. The zero-order chi connectivity index (χ0) is 14.3. The Morgan fingerprint density at radius 2 is 2.25 bits per heavy atom. The highest BCUT2D eigenvalue weighted by Crippen LogP contribution is 2.30. The van der Waals surface area contributed by atoms with Gasteiger partial charge < -0.3 is 11.1 Å². The molecular weight excluding hydrogens is 281 g/mol. The van der Waals surface area contributed by atoms with E-state index in [1.807, 2.05) is 0 Å². The molecule has 1 aliphatic heterocycles. The Balaban J connectivity index is 2.06. The van der Waals surface area contributed by atoms with Crippen molar-refractivity contribution in [3.8, 4) is 0 Å². The predicted molar refractivity (Wildman–Crippen MR) is 76.5 cm³/mol. The highest BCUT2D eigenvalue weighted by molar-refractivity contribution is 7.94. The minimum absolute atomic E-state index is 0.0921. The van der Waals surface area contributed by atoms with E-state index in [4.69, 9.17) is 5.73 Å². The van der Waals surface area contributed by atoms with Crippen LogP contribution in [0.25, 0.3) is 10.9 Å². The molecule has 3 rings (SSSR count). The molecule has 1 aliphatic rings. The number of pyridine rings is 1. The van der Waals surface area contributed by atoms with Crippen LogP contribution in [0.5, 0.6) is 0 Å². The normalized spacial score (nSPS) is 20.4. The lowest BCUT2D eigenvalue weighted by Crippen LogP contribution is -2.22. The number of benzene rings is 1. The van der Waals surface area contributed by atoms with Gasteiger partial charge in [-0.1, -0.05) is 6.08 Å². The largest absolute Gasteiger partial charge is 0.398 e. The lowest BCUT2D eigenvalue weighted by Gasteiger charge is -2.15. The van der Waals surface area contributed by atoms with E-state index in [9.17, 15) is 12.8 Å². The summed E-state index contributed by atoms with van der Waals surface area (Å²) >= 11 is 0. The molecule has 2 aromatic rings. The number of fused-ring (bicyclic) bond motifs is 1. The molecule has 0 fully saturated rings. The van der Waals surface area contributed by atoms with Gasteiger partial charge in [0, 0.05) is 22.7 Å². The lowest BCUT2D eigenvalue weighted by molar-refractivity contribution is 0.604. The second-order valence-electron chi connectivity index (χ2n) is 4.63. The minimum Gasteiger partial charge on any atom is -0.398 e. The van der Waals surface area contributed by atoms with Crippen LogP contribution in [-0.2, 0) is 9.84 Å². The van der Waals surface area contributed by atoms with Crippen LogP contribution >= 0.6 is 0 Å². The molecule has 2 heterocycles. The van der Waals surface area contributed by atoms with Gasteiger partial charge in [-0.15, -0.1) is 0 Å². The number of halogens is 1. The van der Waals surface area contributed by atoms with Crippen LogP contribution in [-0.4, -0.2) is 25.2 Å². The van der Waals surface area contributed by atoms with Crippen LogP contribution in [0.1, 0.15) is 0 Å². The quantitative estimate of drug-likeness (QED) is 0.823. The summed E-state index contributed by atoms with van der Waals surface area (Å²) in [5.41, 5.74) is 6.62. The maximum Gasteiger partial charge on any atom is 0.173 e. The first-order chi connectivity index (χ1) is 9.46. The van der Waals surface area contributed by atoms with Crippen molar-refractivity contribution in [2.45, 2.75) is 6.04 Å². The Hall–Kier alpha value is -2.15. The molecule has 0 aliphatic carbocycles. The van der Waals surface area contributed by atoms with E-state index >= 15 is 0 Å². The summed E-state index contributed by atoms with van der Waals surface area (Å²) in [7, 11) is -3.20. The molecule has 0 saturated carbocycles. The summed E-state index contributed by atoms with van der Waals surface area (Å²) in [5.74, 6) is -0.642. The van der Waals surface area contributed by atoms with E-state index in [0.717, 1.165) is 5.41 Å². The lowest BCUT2D eigenvalue weighted by atomic mass is 10.1. The number of nitrogens with one attached hydrogen (secondary N) is 1. The third-order valence-electron chi connectivity index (χ3n) is 3.14. The van der Waals surface area contributed by atoms with Crippen LogP contribution in [0.15, 0.2) is 35.9 Å². The van der Waals surface area contributed by atoms with Crippen molar-refractivity contribution < 1.29 is 12.8 Å². The van der Waals surface area contributed by atoms with Crippen molar-refractivity contribution in [3.63, 3.8) is 0 Å². The van der Waals surface area contributed by atoms with Crippen molar-refractivity contribution in [2.75, 3.05) is 16.8 Å². The molecule has 0 radical (unpaired) electrons. The van der Waals surface area contributed by atoms with Crippen molar-refractivity contribution in [2.24, 2.45) is 0 Å². The molecule has 0 saturated heterocycles. The Bertz CT molecular complexity index is 818. The van der Waals surface area contributed by atoms with E-state index in [-0.39, 0.29) is 11.4 Å². The fourth-order valence-electron chi connectivity index (χ4n) is 2.23. The molecule has 0 amide bonds. The van der Waals surface area contributed by atoms with E-state index in [1.54, 1.807) is 12.1 Å². The number of nitrogens with two attached hydrogens (primary N) is 1. The Morgan fingerprint density at radius 1 is 1.45 bits per heavy atom. The van der Waals surface area contributed by atoms with E-state index in [2.05, 4.69) is 10.3 Å². The Labute approximate surface area is 115 Å². The molecule has 1 atom stereocenters. The monoisotopic (exact) mass is 293 g/mol. The van der Waals surface area contributed by atoms with Crippen LogP contribution in [0, 0.1) is 5.82 Å². The van der Waals surface area contributed by atoms with Crippen molar-refractivity contribution >= 4 is 32.1 Å². The second kappa shape index (κ2) is 4.45. The van der Waals surface area contributed by atoms with Gasteiger partial charge in [-0.05, 0) is 18.2 Å². The Kier molecular flexibility index (Phi) is 2.86. The second-order valence-corrected chi connectivity index (χ2v) is 6.56. The highest BCUT2D eigenvalue weighted by Gasteiger charge is 2.23. The van der Waals surface area contributed by atoms with Crippen molar-refractivity contribution in [1.29, 1.82) is 0 Å². The number of aromatic nitrogens is 1. The topological polar surface area (TPSA) is 85.1 Å². The number of nitrogens with zero attached hydrogens (tertiary/aromatic N) is 1. The van der Waals surface area contributed by atoms with Gasteiger partial charge in [-0.2, -0.15) is 0 Å². The molecule has 1 unspecified atom stereocenters. The predicted octanol–water partition coefficient (Wildman–Crippen LogP) is 1.68. The van der Waals surface area contributed by atoms with Crippen LogP contribution in [0.3, 0.4) is 0 Å². The standard InChI is InChI=1S/C13H12FN3O2S/c14-10-6-11(15)9-2-1-4-16-12(9)13(10)17-8-3-5-20(18,19)7-8/h1-6,8,17H,7,15H2. The summed E-state index contributed by atoms with van der Waals surface area (Å²) in [6.45, 7) is 0. The smallest absolute Gasteiger partial charge is 0.173 e. The first-order valence-electron chi connectivity index (χ1n) is 5.96. The van der Waals surface area contributed by atoms with Gasteiger partial charge in [0.25, 0.3) is 0 Å². The average molecular weight is 293 g/mol. The molecule has 0 bridgehead atoms. The van der Waals surface area contributed by atoms with Crippen molar-refractivity contribution in [1.82, 2.24) is 4.98 Å². The number of rotatable bonds is 2. The molecule has 1 aromatic carbocycles. The molecular formula is C13H12FN3O2S. The maximum absolute atomic E-state index is 14.1. The van der Waals surface area contributed by atoms with Gasteiger partial charge in [0.15, 0.2) is 15.7 Å². The summed E-state index contributed by atoms with van der Waals surface area (Å²) in [4.78, 5) is 4.13. The summed E-state index contributed by atoms with van der Waals surface area (Å²) < 4.78 is 36.8. The summed E-state index contributed by atoms with van der Waals surface area (Å²) in [6.07, 6.45) is 3.04. The van der Waals surface area contributed by atoms with E-state index in [0.29, 0.717) is 16.6 Å². The van der Waals surface area contributed by atoms with Crippen molar-refractivity contribution in [3.05, 3.63) is 41.7 Å². The molecule has 3 N–H and O–H groups in total. The summed E-state index contributed by atoms with van der Waals surface area (Å²) in [5, 5.41) is 4.64. The average Bonchev–Trinajstić information content (AvgIpc) is 2.74. The third-order valence-corrected chi connectivity index (χ3v) is 4.53. The number of hydrogen-bond donors (Lipinski definition) is 2.